The van der Waals surface area contributed by atoms with Gasteiger partial charge in [-0.3, -0.25) is 4.79 Å². The lowest BCUT2D eigenvalue weighted by Crippen LogP contribution is -2.44. The smallest absolute Gasteiger partial charge is 0.391 e. The van der Waals surface area contributed by atoms with Crippen LogP contribution < -0.4 is 10.6 Å². The van der Waals surface area contributed by atoms with E-state index >= 15 is 0 Å². The minimum atomic E-state index is -4.23. The summed E-state index contributed by atoms with van der Waals surface area (Å²) in [6.07, 6.45) is -1.02. The standard InChI is InChI=1S/C17H27F3N2O3/c1-2-21-16(24)22-13-6-8-14(9-7-13)25-15(23)11-4-3-5-12(10-11)17(18,19)20/h11-14H,2-10H2,1H3,(H2,21,22,24). The number of nitrogens with one attached hydrogen (secondary N) is 2. The van der Waals surface area contributed by atoms with Gasteiger partial charge in [-0.1, -0.05) is 6.42 Å². The highest BCUT2D eigenvalue weighted by Crippen LogP contribution is 2.40. The number of hydrogen-bond donors (Lipinski definition) is 2. The number of carbonyl (C=O) groups is 2. The molecule has 2 unspecified atom stereocenters. The Labute approximate surface area is 146 Å². The van der Waals surface area contributed by atoms with Crippen molar-refractivity contribution in [2.24, 2.45) is 11.8 Å². The zero-order valence-electron chi connectivity index (χ0n) is 14.5. The van der Waals surface area contributed by atoms with Crippen LogP contribution in [0.15, 0.2) is 0 Å². The summed E-state index contributed by atoms with van der Waals surface area (Å²) in [5.74, 6) is -2.53. The lowest BCUT2D eigenvalue weighted by atomic mass is 9.81. The number of urea groups is 1. The van der Waals surface area contributed by atoms with Crippen LogP contribution >= 0.6 is 0 Å². The summed E-state index contributed by atoms with van der Waals surface area (Å²) in [6.45, 7) is 2.39. The summed E-state index contributed by atoms with van der Waals surface area (Å²) in [6, 6.07) is -0.158. The molecule has 2 aliphatic rings. The van der Waals surface area contributed by atoms with Crippen molar-refractivity contribution in [3.8, 4) is 0 Å². The van der Waals surface area contributed by atoms with Gasteiger partial charge in [0.1, 0.15) is 6.10 Å². The van der Waals surface area contributed by atoms with E-state index in [1.54, 1.807) is 0 Å². The van der Waals surface area contributed by atoms with Gasteiger partial charge in [-0.2, -0.15) is 13.2 Å². The Balaban J connectivity index is 1.74. The Morgan fingerprint density at radius 3 is 2.36 bits per heavy atom. The number of alkyl halides is 3. The molecule has 2 rings (SSSR count). The van der Waals surface area contributed by atoms with Crippen LogP contribution in [0.3, 0.4) is 0 Å². The van der Waals surface area contributed by atoms with Gasteiger partial charge in [0, 0.05) is 12.6 Å². The van der Waals surface area contributed by atoms with E-state index in [0.29, 0.717) is 45.1 Å². The van der Waals surface area contributed by atoms with Crippen molar-refractivity contribution in [3.05, 3.63) is 0 Å². The molecule has 2 fully saturated rings. The second-order valence-electron chi connectivity index (χ2n) is 7.02. The van der Waals surface area contributed by atoms with Crippen molar-refractivity contribution in [3.63, 3.8) is 0 Å². The summed E-state index contributed by atoms with van der Waals surface area (Å²) in [5, 5.41) is 5.53. The van der Waals surface area contributed by atoms with Gasteiger partial charge < -0.3 is 15.4 Å². The van der Waals surface area contributed by atoms with Gasteiger partial charge in [0.25, 0.3) is 0 Å². The molecule has 0 bridgehead atoms. The van der Waals surface area contributed by atoms with Crippen LogP contribution in [0.5, 0.6) is 0 Å². The van der Waals surface area contributed by atoms with Gasteiger partial charge in [-0.25, -0.2) is 4.79 Å². The highest BCUT2D eigenvalue weighted by atomic mass is 19.4. The minimum Gasteiger partial charge on any atom is -0.462 e. The van der Waals surface area contributed by atoms with Gasteiger partial charge in [-0.05, 0) is 51.9 Å². The molecule has 144 valence electrons. The van der Waals surface area contributed by atoms with Gasteiger partial charge in [-0.15, -0.1) is 0 Å². The highest BCUT2D eigenvalue weighted by Gasteiger charge is 2.44. The number of halogens is 3. The molecule has 2 N–H and O–H groups in total. The third-order valence-corrected chi connectivity index (χ3v) is 5.10. The van der Waals surface area contributed by atoms with Crippen molar-refractivity contribution in [1.29, 1.82) is 0 Å². The Hall–Kier alpha value is -1.47. The molecule has 2 atom stereocenters. The molecule has 0 aromatic carbocycles. The zero-order valence-corrected chi connectivity index (χ0v) is 14.5. The fourth-order valence-electron chi connectivity index (χ4n) is 3.68. The molecule has 8 heteroatoms. The quantitative estimate of drug-likeness (QED) is 0.750. The first-order valence-electron chi connectivity index (χ1n) is 9.11. The van der Waals surface area contributed by atoms with Gasteiger partial charge in [0.15, 0.2) is 0 Å². The molecule has 2 amide bonds. The van der Waals surface area contributed by atoms with E-state index in [-0.39, 0.29) is 31.0 Å². The molecule has 0 aromatic heterocycles. The lowest BCUT2D eigenvalue weighted by molar-refractivity contribution is -0.190. The number of rotatable bonds is 4. The number of hydrogen-bond acceptors (Lipinski definition) is 3. The van der Waals surface area contributed by atoms with Crippen LogP contribution in [0.25, 0.3) is 0 Å². The third-order valence-electron chi connectivity index (χ3n) is 5.10. The van der Waals surface area contributed by atoms with Crippen LogP contribution in [0.4, 0.5) is 18.0 Å². The van der Waals surface area contributed by atoms with E-state index in [9.17, 15) is 22.8 Å². The number of ether oxygens (including phenoxy) is 1. The monoisotopic (exact) mass is 364 g/mol. The van der Waals surface area contributed by atoms with Crippen molar-refractivity contribution >= 4 is 12.0 Å². The second kappa shape index (κ2) is 8.76. The van der Waals surface area contributed by atoms with Gasteiger partial charge in [0.2, 0.25) is 0 Å². The summed E-state index contributed by atoms with van der Waals surface area (Å²) in [5.41, 5.74) is 0. The van der Waals surface area contributed by atoms with Crippen molar-refractivity contribution in [1.82, 2.24) is 10.6 Å². The first kappa shape index (κ1) is 19.8. The fourth-order valence-corrected chi connectivity index (χ4v) is 3.68. The predicted molar refractivity (Wildman–Crippen MR) is 85.8 cm³/mol. The number of esters is 1. The Morgan fingerprint density at radius 2 is 1.76 bits per heavy atom. The second-order valence-corrected chi connectivity index (χ2v) is 7.02. The number of amides is 2. The van der Waals surface area contributed by atoms with Crippen LogP contribution in [0.1, 0.15) is 58.3 Å². The van der Waals surface area contributed by atoms with Gasteiger partial charge >= 0.3 is 18.2 Å². The van der Waals surface area contributed by atoms with E-state index in [0.717, 1.165) is 0 Å². The van der Waals surface area contributed by atoms with E-state index in [1.807, 2.05) is 6.92 Å². The Bertz CT molecular complexity index is 463. The molecule has 0 spiro atoms. The Kier molecular flexibility index (Phi) is 6.95. The van der Waals surface area contributed by atoms with Crippen LogP contribution in [0, 0.1) is 11.8 Å². The summed E-state index contributed by atoms with van der Waals surface area (Å²) >= 11 is 0. The average molecular weight is 364 g/mol. The van der Waals surface area contributed by atoms with Gasteiger partial charge in [0.05, 0.1) is 11.8 Å². The lowest BCUT2D eigenvalue weighted by Gasteiger charge is -2.32. The van der Waals surface area contributed by atoms with E-state index in [2.05, 4.69) is 10.6 Å². The molecular formula is C17H27F3N2O3. The van der Waals surface area contributed by atoms with Crippen LogP contribution in [0.2, 0.25) is 0 Å². The normalized spacial score (nSPS) is 30.4. The SMILES string of the molecule is CCNC(=O)NC1CCC(OC(=O)C2CCCC(C(F)(F)F)C2)CC1. The van der Waals surface area contributed by atoms with Crippen LogP contribution in [-0.4, -0.2) is 36.9 Å². The molecular weight excluding hydrogens is 337 g/mol. The maximum absolute atomic E-state index is 12.8. The summed E-state index contributed by atoms with van der Waals surface area (Å²) in [4.78, 5) is 23.7. The first-order valence-corrected chi connectivity index (χ1v) is 9.11. The molecule has 0 radical (unpaired) electrons. The van der Waals surface area contributed by atoms with E-state index in [4.69, 9.17) is 4.74 Å². The topological polar surface area (TPSA) is 67.4 Å². The van der Waals surface area contributed by atoms with Crippen molar-refractivity contribution < 1.29 is 27.5 Å². The molecule has 0 saturated heterocycles. The summed E-state index contributed by atoms with van der Waals surface area (Å²) in [7, 11) is 0. The van der Waals surface area contributed by atoms with Crippen LogP contribution in [-0.2, 0) is 9.53 Å². The number of carbonyl (C=O) groups excluding carboxylic acids is 2. The fraction of sp³-hybridized carbons (Fsp3) is 0.882. The maximum atomic E-state index is 12.8. The molecule has 2 saturated carbocycles. The largest absolute Gasteiger partial charge is 0.462 e. The highest BCUT2D eigenvalue weighted by molar-refractivity contribution is 5.74. The molecule has 25 heavy (non-hydrogen) atoms. The predicted octanol–water partition coefficient (Wildman–Crippen LogP) is 3.53. The molecule has 2 aliphatic carbocycles. The van der Waals surface area contributed by atoms with E-state index in [1.165, 1.54) is 0 Å². The molecule has 5 nitrogen and oxygen atoms in total. The minimum absolute atomic E-state index is 0.0470. The molecule has 0 heterocycles. The molecule has 0 aromatic rings. The Morgan fingerprint density at radius 1 is 1.08 bits per heavy atom. The third kappa shape index (κ3) is 6.08. The first-order chi connectivity index (χ1) is 11.8. The van der Waals surface area contributed by atoms with Crippen molar-refractivity contribution in [2.75, 3.05) is 6.54 Å². The maximum Gasteiger partial charge on any atom is 0.391 e. The van der Waals surface area contributed by atoms with Crippen molar-refractivity contribution in [2.45, 2.75) is 76.6 Å². The van der Waals surface area contributed by atoms with E-state index < -0.39 is 24.0 Å². The zero-order chi connectivity index (χ0) is 18.4. The molecule has 0 aliphatic heterocycles. The summed E-state index contributed by atoms with van der Waals surface area (Å²) < 4.78 is 44.0. The average Bonchev–Trinajstić information content (AvgIpc) is 2.56.